The Labute approximate surface area is 105 Å². The molecule has 0 spiro atoms. The molecule has 0 heterocycles. The molecule has 16 heavy (non-hydrogen) atoms. The van der Waals surface area contributed by atoms with Crippen LogP contribution in [0, 0.1) is 0 Å². The lowest BCUT2D eigenvalue weighted by Crippen LogP contribution is -1.73. The van der Waals surface area contributed by atoms with E-state index in [9.17, 15) is 0 Å². The average molecular weight is 228 g/mol. The van der Waals surface area contributed by atoms with Crippen molar-refractivity contribution < 1.29 is 0 Å². The lowest BCUT2D eigenvalue weighted by molar-refractivity contribution is 0.624. The molecule has 0 fully saturated rings. The summed E-state index contributed by atoms with van der Waals surface area (Å²) in [5.74, 6) is 0. The van der Waals surface area contributed by atoms with E-state index < -0.39 is 0 Å². The van der Waals surface area contributed by atoms with E-state index in [0.29, 0.717) is 0 Å². The zero-order valence-electron chi connectivity index (χ0n) is 12.5. The third kappa shape index (κ3) is 23.7. The smallest absolute Gasteiger partial charge is 0.0533 e. The van der Waals surface area contributed by atoms with E-state index in [1.807, 2.05) is 0 Å². The molecule has 0 saturated carbocycles. The zero-order valence-corrected chi connectivity index (χ0v) is 12.5. The summed E-state index contributed by atoms with van der Waals surface area (Å²) in [4.78, 5) is 0. The first-order chi connectivity index (χ1) is 7.83. The molecule has 0 saturated heterocycles. The summed E-state index contributed by atoms with van der Waals surface area (Å²) < 4.78 is 0. The van der Waals surface area contributed by atoms with Gasteiger partial charge in [0.1, 0.15) is 0 Å². The SMILES string of the molecule is CCCCCCCC.CCCCCCCC. The van der Waals surface area contributed by atoms with Crippen LogP contribution in [0.1, 0.15) is 105 Å². The Hall–Kier alpha value is 0. The van der Waals surface area contributed by atoms with E-state index in [1.54, 1.807) is 0 Å². The first-order valence-corrected chi connectivity index (χ1v) is 7.83. The van der Waals surface area contributed by atoms with Gasteiger partial charge in [0.25, 0.3) is 0 Å². The number of unbranched alkanes of at least 4 members (excludes halogenated alkanes) is 10. The Kier molecular flexibility index (Phi) is 23.4. The fourth-order valence-corrected chi connectivity index (χ4v) is 1.71. The minimum absolute atomic E-state index is 1.36. The van der Waals surface area contributed by atoms with Gasteiger partial charge in [-0.15, -0.1) is 0 Å². The summed E-state index contributed by atoms with van der Waals surface area (Å²) in [6.45, 7) is 9.02. The molecule has 100 valence electrons. The van der Waals surface area contributed by atoms with Crippen molar-refractivity contribution in [3.05, 3.63) is 0 Å². The monoisotopic (exact) mass is 228 g/mol. The average Bonchev–Trinajstić information content (AvgIpc) is 2.31. The molecule has 0 aliphatic carbocycles. The van der Waals surface area contributed by atoms with Crippen LogP contribution >= 0.6 is 0 Å². The molecule has 0 N–H and O–H groups in total. The van der Waals surface area contributed by atoms with Crippen LogP contribution in [0.5, 0.6) is 0 Å². The Morgan fingerprint density at radius 3 is 0.625 bits per heavy atom. The Balaban J connectivity index is 0. The quantitative estimate of drug-likeness (QED) is 0.363. The summed E-state index contributed by atoms with van der Waals surface area (Å²) in [7, 11) is 0. The molecule has 0 aliphatic heterocycles. The maximum atomic E-state index is 2.26. The van der Waals surface area contributed by atoms with Crippen molar-refractivity contribution in [1.82, 2.24) is 0 Å². The van der Waals surface area contributed by atoms with Gasteiger partial charge < -0.3 is 0 Å². The second kappa shape index (κ2) is 20.4. The van der Waals surface area contributed by atoms with Gasteiger partial charge in [-0.05, 0) is 0 Å². The van der Waals surface area contributed by atoms with Gasteiger partial charge in [0.2, 0.25) is 0 Å². The van der Waals surface area contributed by atoms with Crippen LogP contribution in [0.2, 0.25) is 0 Å². The Morgan fingerprint density at radius 1 is 0.312 bits per heavy atom. The van der Waals surface area contributed by atoms with Crippen LogP contribution in [0.15, 0.2) is 0 Å². The zero-order chi connectivity index (χ0) is 12.5. The highest BCUT2D eigenvalue weighted by atomic mass is 13.9. The van der Waals surface area contributed by atoms with E-state index >= 15 is 0 Å². The molecule has 0 aromatic rings. The minimum atomic E-state index is 1.36. The van der Waals surface area contributed by atoms with Crippen LogP contribution in [0.25, 0.3) is 0 Å². The van der Waals surface area contributed by atoms with Crippen LogP contribution in [0.3, 0.4) is 0 Å². The van der Waals surface area contributed by atoms with Crippen molar-refractivity contribution >= 4 is 0 Å². The topological polar surface area (TPSA) is 0 Å². The number of hydrogen-bond acceptors (Lipinski definition) is 0. The third-order valence-electron chi connectivity index (χ3n) is 2.91. The number of hydrogen-bond donors (Lipinski definition) is 0. The van der Waals surface area contributed by atoms with Gasteiger partial charge in [0.15, 0.2) is 0 Å². The van der Waals surface area contributed by atoms with Gasteiger partial charge in [-0.25, -0.2) is 0 Å². The summed E-state index contributed by atoms with van der Waals surface area (Å²) in [5.41, 5.74) is 0. The predicted molar refractivity (Wildman–Crippen MR) is 78.1 cm³/mol. The van der Waals surface area contributed by atoms with Crippen molar-refractivity contribution in [3.8, 4) is 0 Å². The molecule has 0 rings (SSSR count). The molecule has 0 nitrogen and oxygen atoms in total. The van der Waals surface area contributed by atoms with E-state index in [2.05, 4.69) is 27.7 Å². The van der Waals surface area contributed by atoms with Gasteiger partial charge in [0.05, 0.1) is 0 Å². The van der Waals surface area contributed by atoms with Crippen LogP contribution in [-0.4, -0.2) is 0 Å². The van der Waals surface area contributed by atoms with Crippen LogP contribution < -0.4 is 0 Å². The highest BCUT2D eigenvalue weighted by Gasteiger charge is 1.84. The molecule has 0 radical (unpaired) electrons. The first-order valence-electron chi connectivity index (χ1n) is 7.83. The van der Waals surface area contributed by atoms with Crippen molar-refractivity contribution in [1.29, 1.82) is 0 Å². The Morgan fingerprint density at radius 2 is 0.500 bits per heavy atom. The van der Waals surface area contributed by atoms with Crippen LogP contribution in [-0.2, 0) is 0 Å². The Bertz CT molecular complexity index is 62.0. The molecular weight excluding hydrogens is 192 g/mol. The van der Waals surface area contributed by atoms with E-state index in [4.69, 9.17) is 0 Å². The first kappa shape index (κ1) is 18.4. The number of rotatable bonds is 10. The van der Waals surface area contributed by atoms with Crippen molar-refractivity contribution in [2.24, 2.45) is 0 Å². The lowest BCUT2D eigenvalue weighted by Gasteiger charge is -1.93. The van der Waals surface area contributed by atoms with Gasteiger partial charge in [-0.3, -0.25) is 0 Å². The largest absolute Gasteiger partial charge is 0.0654 e. The standard InChI is InChI=1S/2C8H18/c2*1-3-5-7-8-6-4-2/h2*3-8H2,1-2H3. The van der Waals surface area contributed by atoms with Gasteiger partial charge in [0, 0.05) is 0 Å². The van der Waals surface area contributed by atoms with Crippen molar-refractivity contribution in [2.45, 2.75) is 105 Å². The summed E-state index contributed by atoms with van der Waals surface area (Å²) >= 11 is 0. The maximum absolute atomic E-state index is 2.26. The fraction of sp³-hybridized carbons (Fsp3) is 1.00. The minimum Gasteiger partial charge on any atom is -0.0654 e. The van der Waals surface area contributed by atoms with Gasteiger partial charge >= 0.3 is 0 Å². The van der Waals surface area contributed by atoms with E-state index in [1.165, 1.54) is 77.0 Å². The fourth-order valence-electron chi connectivity index (χ4n) is 1.71. The highest BCUT2D eigenvalue weighted by molar-refractivity contribution is 4.39. The van der Waals surface area contributed by atoms with Crippen LogP contribution in [0.4, 0.5) is 0 Å². The molecule has 0 atom stereocenters. The maximum Gasteiger partial charge on any atom is -0.0533 e. The molecule has 0 aromatic heterocycles. The predicted octanol–water partition coefficient (Wildman–Crippen LogP) is 6.73. The second-order valence-electron chi connectivity index (χ2n) is 4.83. The molecule has 0 unspecified atom stereocenters. The highest BCUT2D eigenvalue weighted by Crippen LogP contribution is 2.03. The van der Waals surface area contributed by atoms with Crippen molar-refractivity contribution in [2.75, 3.05) is 0 Å². The molecule has 0 bridgehead atoms. The summed E-state index contributed by atoms with van der Waals surface area (Å²) in [6, 6.07) is 0. The normalized spacial score (nSPS) is 9.75. The van der Waals surface area contributed by atoms with Gasteiger partial charge in [-0.2, -0.15) is 0 Å². The molecule has 0 heteroatoms. The summed E-state index contributed by atoms with van der Waals surface area (Å²) in [6.07, 6.45) is 17.0. The van der Waals surface area contributed by atoms with E-state index in [-0.39, 0.29) is 0 Å². The molecule has 0 amide bonds. The lowest BCUT2D eigenvalue weighted by atomic mass is 10.1. The third-order valence-corrected chi connectivity index (χ3v) is 2.91. The van der Waals surface area contributed by atoms with E-state index in [0.717, 1.165) is 0 Å². The molecule has 0 aromatic carbocycles. The van der Waals surface area contributed by atoms with Gasteiger partial charge in [-0.1, -0.05) is 105 Å². The summed E-state index contributed by atoms with van der Waals surface area (Å²) in [5, 5.41) is 0. The van der Waals surface area contributed by atoms with Crippen molar-refractivity contribution in [3.63, 3.8) is 0 Å². The molecular formula is C16H36. The second-order valence-corrected chi connectivity index (χ2v) is 4.83. The molecule has 0 aliphatic rings.